The molecule has 0 fully saturated rings. The molecule has 0 spiro atoms. The van der Waals surface area contributed by atoms with Crippen LogP contribution in [-0.4, -0.2) is 24.6 Å². The van der Waals surface area contributed by atoms with Crippen LogP contribution in [0.1, 0.15) is 32.4 Å². The molecule has 1 rings (SSSR count). The lowest BCUT2D eigenvalue weighted by Gasteiger charge is -2.16. The van der Waals surface area contributed by atoms with Gasteiger partial charge in [0.25, 0.3) is 5.91 Å². The third-order valence-electron chi connectivity index (χ3n) is 2.73. The van der Waals surface area contributed by atoms with Crippen LogP contribution in [0.15, 0.2) is 18.2 Å². The van der Waals surface area contributed by atoms with E-state index in [-0.39, 0.29) is 6.04 Å². The maximum absolute atomic E-state index is 11.8. The molecule has 1 aromatic carbocycles. The van der Waals surface area contributed by atoms with Crippen molar-refractivity contribution in [2.75, 3.05) is 6.54 Å². The van der Waals surface area contributed by atoms with Gasteiger partial charge in [0, 0.05) is 12.6 Å². The van der Waals surface area contributed by atoms with Crippen molar-refractivity contribution in [2.45, 2.75) is 32.9 Å². The summed E-state index contributed by atoms with van der Waals surface area (Å²) < 4.78 is 5.46. The normalized spacial score (nSPS) is 13.2. The molecule has 4 N–H and O–H groups in total. The third kappa shape index (κ3) is 5.24. The Balaban J connectivity index is 2.68. The van der Waals surface area contributed by atoms with Crippen LogP contribution in [0.4, 0.5) is 4.79 Å². The number of hydrogen-bond donors (Lipinski definition) is 3. The number of imide groups is 1. The average molecular weight is 314 g/mol. The molecule has 1 aromatic rings. The first-order valence-electron chi connectivity index (χ1n) is 6.65. The Labute approximate surface area is 129 Å². The molecule has 3 amide bonds. The van der Waals surface area contributed by atoms with Crippen molar-refractivity contribution in [3.63, 3.8) is 0 Å². The van der Waals surface area contributed by atoms with E-state index in [0.717, 1.165) is 5.56 Å². The van der Waals surface area contributed by atoms with Crippen LogP contribution >= 0.6 is 11.6 Å². The molecule has 6 nitrogen and oxygen atoms in total. The zero-order valence-electron chi connectivity index (χ0n) is 12.3. The van der Waals surface area contributed by atoms with Gasteiger partial charge in [-0.3, -0.25) is 10.1 Å². The predicted molar refractivity (Wildman–Crippen MR) is 81.4 cm³/mol. The van der Waals surface area contributed by atoms with Gasteiger partial charge in [0.05, 0.1) is 5.02 Å². The topological polar surface area (TPSA) is 93.5 Å². The van der Waals surface area contributed by atoms with Crippen molar-refractivity contribution in [3.8, 4) is 5.75 Å². The number of amides is 3. The molecule has 0 aliphatic rings. The highest BCUT2D eigenvalue weighted by Crippen LogP contribution is 2.28. The zero-order valence-corrected chi connectivity index (χ0v) is 13.0. The van der Waals surface area contributed by atoms with E-state index >= 15 is 0 Å². The first kappa shape index (κ1) is 17.3. The SMILES string of the molecule is CCNC(=O)NC(=O)C(C)Oc1ccc([C@@H](C)N)cc1Cl. The van der Waals surface area contributed by atoms with E-state index in [1.165, 1.54) is 6.92 Å². The van der Waals surface area contributed by atoms with Gasteiger partial charge in [-0.05, 0) is 38.5 Å². The summed E-state index contributed by atoms with van der Waals surface area (Å²) in [4.78, 5) is 23.0. The van der Waals surface area contributed by atoms with Gasteiger partial charge in [0.15, 0.2) is 6.10 Å². The lowest BCUT2D eigenvalue weighted by atomic mass is 10.1. The molecule has 0 saturated heterocycles. The van der Waals surface area contributed by atoms with E-state index < -0.39 is 18.0 Å². The van der Waals surface area contributed by atoms with Crippen molar-refractivity contribution >= 4 is 23.5 Å². The second-order valence-corrected chi connectivity index (χ2v) is 4.99. The smallest absolute Gasteiger partial charge is 0.321 e. The van der Waals surface area contributed by atoms with Crippen molar-refractivity contribution in [1.82, 2.24) is 10.6 Å². The average Bonchev–Trinajstić information content (AvgIpc) is 2.40. The summed E-state index contributed by atoms with van der Waals surface area (Å²) in [6.45, 7) is 5.56. The van der Waals surface area contributed by atoms with Crippen LogP contribution in [0.2, 0.25) is 5.02 Å². The lowest BCUT2D eigenvalue weighted by molar-refractivity contribution is -0.126. The van der Waals surface area contributed by atoms with E-state index in [2.05, 4.69) is 10.6 Å². The number of ether oxygens (including phenoxy) is 1. The highest BCUT2D eigenvalue weighted by molar-refractivity contribution is 6.32. The monoisotopic (exact) mass is 313 g/mol. The highest BCUT2D eigenvalue weighted by atomic mass is 35.5. The van der Waals surface area contributed by atoms with Crippen molar-refractivity contribution in [2.24, 2.45) is 5.73 Å². The molecule has 7 heteroatoms. The van der Waals surface area contributed by atoms with Gasteiger partial charge in [0.2, 0.25) is 0 Å². The van der Waals surface area contributed by atoms with Crippen molar-refractivity contribution < 1.29 is 14.3 Å². The van der Waals surface area contributed by atoms with E-state index in [0.29, 0.717) is 17.3 Å². The van der Waals surface area contributed by atoms with Gasteiger partial charge in [-0.15, -0.1) is 0 Å². The standard InChI is InChI=1S/C14H20ClN3O3/c1-4-17-14(20)18-13(19)9(3)21-12-6-5-10(8(2)16)7-11(12)15/h5-9H,4,16H2,1-3H3,(H2,17,18,19,20)/t8-,9?/m1/s1. The van der Waals surface area contributed by atoms with E-state index in [4.69, 9.17) is 22.1 Å². The lowest BCUT2D eigenvalue weighted by Crippen LogP contribution is -2.45. The fourth-order valence-corrected chi connectivity index (χ4v) is 1.79. The Morgan fingerprint density at radius 1 is 1.38 bits per heavy atom. The number of urea groups is 1. The third-order valence-corrected chi connectivity index (χ3v) is 3.02. The summed E-state index contributed by atoms with van der Waals surface area (Å²) in [5.74, 6) is -0.187. The molecule has 116 valence electrons. The van der Waals surface area contributed by atoms with Crippen LogP contribution in [0.25, 0.3) is 0 Å². The van der Waals surface area contributed by atoms with Crippen LogP contribution in [0, 0.1) is 0 Å². The number of halogens is 1. The molecular weight excluding hydrogens is 294 g/mol. The minimum Gasteiger partial charge on any atom is -0.479 e. The second-order valence-electron chi connectivity index (χ2n) is 4.59. The Bertz CT molecular complexity index is 520. The first-order chi connectivity index (χ1) is 9.85. The van der Waals surface area contributed by atoms with E-state index in [1.54, 1.807) is 25.1 Å². The number of carbonyl (C=O) groups excluding carboxylic acids is 2. The summed E-state index contributed by atoms with van der Waals surface area (Å²) in [6.07, 6.45) is -0.855. The van der Waals surface area contributed by atoms with Crippen LogP contribution in [0.5, 0.6) is 5.75 Å². The van der Waals surface area contributed by atoms with Crippen molar-refractivity contribution in [1.29, 1.82) is 0 Å². The molecule has 0 radical (unpaired) electrons. The summed E-state index contributed by atoms with van der Waals surface area (Å²) in [7, 11) is 0. The van der Waals surface area contributed by atoms with Gasteiger partial charge < -0.3 is 15.8 Å². The Kier molecular flexibility index (Phi) is 6.45. The maximum atomic E-state index is 11.8. The second kappa shape index (κ2) is 7.85. The number of rotatable bonds is 5. The minimum atomic E-state index is -0.855. The molecule has 0 saturated carbocycles. The first-order valence-corrected chi connectivity index (χ1v) is 7.03. The van der Waals surface area contributed by atoms with Crippen LogP contribution in [0.3, 0.4) is 0 Å². The molecule has 1 unspecified atom stereocenters. The van der Waals surface area contributed by atoms with Gasteiger partial charge in [0.1, 0.15) is 5.75 Å². The molecule has 0 aromatic heterocycles. The molecule has 2 atom stereocenters. The van der Waals surface area contributed by atoms with Gasteiger partial charge in [-0.25, -0.2) is 4.79 Å². The van der Waals surface area contributed by atoms with Gasteiger partial charge >= 0.3 is 6.03 Å². The Morgan fingerprint density at radius 3 is 2.57 bits per heavy atom. The number of hydrogen-bond acceptors (Lipinski definition) is 4. The minimum absolute atomic E-state index is 0.144. The quantitative estimate of drug-likeness (QED) is 0.774. The van der Waals surface area contributed by atoms with Crippen molar-refractivity contribution in [3.05, 3.63) is 28.8 Å². The molecule has 0 heterocycles. The summed E-state index contributed by atoms with van der Waals surface area (Å²) in [6, 6.07) is 4.42. The number of carbonyl (C=O) groups is 2. The fourth-order valence-electron chi connectivity index (χ4n) is 1.56. The predicted octanol–water partition coefficient (Wildman–Crippen LogP) is 1.97. The fraction of sp³-hybridized carbons (Fsp3) is 0.429. The largest absolute Gasteiger partial charge is 0.479 e. The maximum Gasteiger partial charge on any atom is 0.321 e. The number of benzene rings is 1. The van der Waals surface area contributed by atoms with E-state index in [9.17, 15) is 9.59 Å². The molecule has 0 bridgehead atoms. The zero-order chi connectivity index (χ0) is 16.0. The summed E-state index contributed by atoms with van der Waals surface area (Å²) in [5.41, 5.74) is 6.62. The Morgan fingerprint density at radius 2 is 2.05 bits per heavy atom. The molecule has 0 aliphatic heterocycles. The molecule has 0 aliphatic carbocycles. The van der Waals surface area contributed by atoms with Crippen LogP contribution < -0.4 is 21.1 Å². The van der Waals surface area contributed by atoms with Gasteiger partial charge in [-0.2, -0.15) is 0 Å². The highest BCUT2D eigenvalue weighted by Gasteiger charge is 2.18. The number of nitrogens with two attached hydrogens (primary N) is 1. The van der Waals surface area contributed by atoms with E-state index in [1.807, 2.05) is 6.92 Å². The molecule has 21 heavy (non-hydrogen) atoms. The molecular formula is C14H20ClN3O3. The van der Waals surface area contributed by atoms with Gasteiger partial charge in [-0.1, -0.05) is 17.7 Å². The number of nitrogens with one attached hydrogen (secondary N) is 2. The summed E-state index contributed by atoms with van der Waals surface area (Å²) >= 11 is 6.09. The van der Waals surface area contributed by atoms with Crippen LogP contribution in [-0.2, 0) is 4.79 Å². The summed E-state index contributed by atoms with van der Waals surface area (Å²) in [5, 5.41) is 5.00. The Hall–Kier alpha value is -1.79.